The molecule has 1 amide bonds. The van der Waals surface area contributed by atoms with Crippen LogP contribution in [0.25, 0.3) is 0 Å². The van der Waals surface area contributed by atoms with Crippen LogP contribution in [0.1, 0.15) is 32.3 Å². The minimum absolute atomic E-state index is 0.156. The molecule has 1 aromatic rings. The highest BCUT2D eigenvalue weighted by Gasteiger charge is 2.51. The van der Waals surface area contributed by atoms with Gasteiger partial charge in [-0.3, -0.25) is 9.69 Å². The fourth-order valence-electron chi connectivity index (χ4n) is 3.60. The van der Waals surface area contributed by atoms with Gasteiger partial charge in [-0.15, -0.1) is 0 Å². The molecular formula is C19H27ClN2O2. The van der Waals surface area contributed by atoms with Crippen molar-refractivity contribution in [2.75, 3.05) is 32.8 Å². The van der Waals surface area contributed by atoms with Gasteiger partial charge in [0.05, 0.1) is 18.6 Å². The van der Waals surface area contributed by atoms with Crippen molar-refractivity contribution in [3.63, 3.8) is 0 Å². The number of rotatable bonds is 6. The van der Waals surface area contributed by atoms with E-state index in [9.17, 15) is 4.79 Å². The number of ether oxygens (including phenoxy) is 1. The number of nitrogens with zero attached hydrogens (tertiary/aromatic N) is 1. The van der Waals surface area contributed by atoms with Crippen LogP contribution in [0.15, 0.2) is 24.3 Å². The number of halogens is 1. The van der Waals surface area contributed by atoms with Gasteiger partial charge in [0.15, 0.2) is 0 Å². The van der Waals surface area contributed by atoms with E-state index in [0.29, 0.717) is 23.5 Å². The van der Waals surface area contributed by atoms with Crippen molar-refractivity contribution in [1.82, 2.24) is 10.2 Å². The molecule has 2 aliphatic rings. The summed E-state index contributed by atoms with van der Waals surface area (Å²) in [6.07, 6.45) is 1.84. The van der Waals surface area contributed by atoms with Gasteiger partial charge in [0.1, 0.15) is 0 Å². The highest BCUT2D eigenvalue weighted by atomic mass is 35.5. The zero-order valence-electron chi connectivity index (χ0n) is 14.6. The van der Waals surface area contributed by atoms with Gasteiger partial charge in [0.25, 0.3) is 0 Å². The minimum atomic E-state index is -0.336. The van der Waals surface area contributed by atoms with E-state index >= 15 is 0 Å². The first kappa shape index (κ1) is 17.7. The molecule has 1 aliphatic carbocycles. The highest BCUT2D eigenvalue weighted by molar-refractivity contribution is 6.30. The fraction of sp³-hybridized carbons (Fsp3) is 0.632. The van der Waals surface area contributed by atoms with Crippen LogP contribution in [0.5, 0.6) is 0 Å². The van der Waals surface area contributed by atoms with Gasteiger partial charge in [-0.2, -0.15) is 0 Å². The monoisotopic (exact) mass is 350 g/mol. The lowest BCUT2D eigenvalue weighted by molar-refractivity contribution is -0.124. The predicted molar refractivity (Wildman–Crippen MR) is 96.4 cm³/mol. The van der Waals surface area contributed by atoms with E-state index in [-0.39, 0.29) is 11.3 Å². The van der Waals surface area contributed by atoms with Gasteiger partial charge < -0.3 is 10.1 Å². The lowest BCUT2D eigenvalue weighted by atomic mass is 9.94. The van der Waals surface area contributed by atoms with Crippen molar-refractivity contribution in [3.05, 3.63) is 34.9 Å². The summed E-state index contributed by atoms with van der Waals surface area (Å²) in [5.41, 5.74) is 0.744. The standard InChI is InChI=1S/C19H27ClN2O2/c1-14(2)17(22-9-11-24-12-10-22)13-21-18(23)19(7-8-19)15-3-5-16(20)6-4-15/h3-6,14,17H,7-13H2,1-2H3,(H,21,23). The van der Waals surface area contributed by atoms with Gasteiger partial charge >= 0.3 is 0 Å². The maximum atomic E-state index is 12.8. The summed E-state index contributed by atoms with van der Waals surface area (Å²) in [7, 11) is 0. The molecule has 132 valence electrons. The number of carbonyl (C=O) groups is 1. The van der Waals surface area contributed by atoms with Crippen molar-refractivity contribution >= 4 is 17.5 Å². The largest absolute Gasteiger partial charge is 0.379 e. The average Bonchev–Trinajstić information content (AvgIpc) is 3.38. The second kappa shape index (κ2) is 7.42. The number of benzene rings is 1. The third-order valence-electron chi connectivity index (χ3n) is 5.34. The zero-order valence-corrected chi connectivity index (χ0v) is 15.3. The quantitative estimate of drug-likeness (QED) is 0.857. The Kier molecular flexibility index (Phi) is 5.48. The first-order valence-electron chi connectivity index (χ1n) is 8.89. The van der Waals surface area contributed by atoms with Crippen molar-refractivity contribution in [3.8, 4) is 0 Å². The molecule has 2 fully saturated rings. The van der Waals surface area contributed by atoms with Crippen molar-refractivity contribution in [1.29, 1.82) is 0 Å². The summed E-state index contributed by atoms with van der Waals surface area (Å²) in [6.45, 7) is 8.60. The molecule has 0 radical (unpaired) electrons. The average molecular weight is 351 g/mol. The molecule has 1 atom stereocenters. The third kappa shape index (κ3) is 3.76. The van der Waals surface area contributed by atoms with E-state index in [0.717, 1.165) is 44.7 Å². The smallest absolute Gasteiger partial charge is 0.230 e. The van der Waals surface area contributed by atoms with Crippen molar-refractivity contribution < 1.29 is 9.53 Å². The van der Waals surface area contributed by atoms with E-state index in [1.807, 2.05) is 24.3 Å². The lowest BCUT2D eigenvalue weighted by Crippen LogP contribution is -2.52. The van der Waals surface area contributed by atoms with E-state index in [2.05, 4.69) is 24.1 Å². The number of hydrogen-bond acceptors (Lipinski definition) is 3. The number of carbonyl (C=O) groups excluding carboxylic acids is 1. The fourth-order valence-corrected chi connectivity index (χ4v) is 3.73. The van der Waals surface area contributed by atoms with E-state index in [1.54, 1.807) is 0 Å². The number of hydrogen-bond donors (Lipinski definition) is 1. The Hall–Kier alpha value is -1.10. The normalized spacial score (nSPS) is 21.5. The molecule has 3 rings (SSSR count). The van der Waals surface area contributed by atoms with Gasteiger partial charge in [-0.05, 0) is 36.5 Å². The summed E-state index contributed by atoms with van der Waals surface area (Å²) in [5, 5.41) is 3.93. The van der Waals surface area contributed by atoms with Crippen LogP contribution in [-0.4, -0.2) is 49.7 Å². The molecule has 1 heterocycles. The van der Waals surface area contributed by atoms with Crippen LogP contribution >= 0.6 is 11.6 Å². The Balaban J connectivity index is 1.62. The van der Waals surface area contributed by atoms with Crippen molar-refractivity contribution in [2.24, 2.45) is 5.92 Å². The Bertz CT molecular complexity index is 563. The molecule has 1 aromatic carbocycles. The summed E-state index contributed by atoms with van der Waals surface area (Å²) in [6, 6.07) is 8.07. The van der Waals surface area contributed by atoms with Crippen molar-refractivity contribution in [2.45, 2.75) is 38.1 Å². The van der Waals surface area contributed by atoms with Crippen LogP contribution in [0.2, 0.25) is 5.02 Å². The molecule has 1 N–H and O–H groups in total. The molecule has 1 saturated carbocycles. The van der Waals surface area contributed by atoms with Crippen LogP contribution in [-0.2, 0) is 14.9 Å². The summed E-state index contributed by atoms with van der Waals surface area (Å²) >= 11 is 5.97. The topological polar surface area (TPSA) is 41.6 Å². The minimum Gasteiger partial charge on any atom is -0.379 e. The SMILES string of the molecule is CC(C)C(CNC(=O)C1(c2ccc(Cl)cc2)CC1)N1CCOCC1. The predicted octanol–water partition coefficient (Wildman–Crippen LogP) is 2.84. The van der Waals surface area contributed by atoms with E-state index in [4.69, 9.17) is 16.3 Å². The number of amides is 1. The Morgan fingerprint density at radius 1 is 1.25 bits per heavy atom. The Morgan fingerprint density at radius 3 is 2.42 bits per heavy atom. The van der Waals surface area contributed by atoms with Gasteiger partial charge in [0.2, 0.25) is 5.91 Å². The van der Waals surface area contributed by atoms with Crippen LogP contribution in [0.3, 0.4) is 0 Å². The molecular weight excluding hydrogens is 324 g/mol. The summed E-state index contributed by atoms with van der Waals surface area (Å²) < 4.78 is 5.45. The maximum Gasteiger partial charge on any atom is 0.230 e. The molecule has 1 aliphatic heterocycles. The molecule has 24 heavy (non-hydrogen) atoms. The van der Waals surface area contributed by atoms with Crippen LogP contribution < -0.4 is 5.32 Å². The molecule has 0 bridgehead atoms. The Morgan fingerprint density at radius 2 is 1.88 bits per heavy atom. The zero-order chi connectivity index (χ0) is 17.2. The highest BCUT2D eigenvalue weighted by Crippen LogP contribution is 2.48. The van der Waals surface area contributed by atoms with Gasteiger partial charge in [-0.25, -0.2) is 0 Å². The number of morpholine rings is 1. The van der Waals surface area contributed by atoms with Gasteiger partial charge in [-0.1, -0.05) is 37.6 Å². The summed E-state index contributed by atoms with van der Waals surface area (Å²) in [4.78, 5) is 15.3. The third-order valence-corrected chi connectivity index (χ3v) is 5.59. The molecule has 5 heteroatoms. The lowest BCUT2D eigenvalue weighted by Gasteiger charge is -2.37. The summed E-state index contributed by atoms with van der Waals surface area (Å²) in [5.74, 6) is 0.651. The van der Waals surface area contributed by atoms with Gasteiger partial charge in [0, 0.05) is 30.7 Å². The number of nitrogens with one attached hydrogen (secondary N) is 1. The molecule has 4 nitrogen and oxygen atoms in total. The first-order valence-corrected chi connectivity index (χ1v) is 9.27. The van der Waals surface area contributed by atoms with Crippen LogP contribution in [0, 0.1) is 5.92 Å². The van der Waals surface area contributed by atoms with Crippen LogP contribution in [0.4, 0.5) is 0 Å². The van der Waals surface area contributed by atoms with E-state index in [1.165, 1.54) is 0 Å². The second-order valence-corrected chi connectivity index (χ2v) is 7.70. The molecule has 1 saturated heterocycles. The first-order chi connectivity index (χ1) is 11.5. The van der Waals surface area contributed by atoms with E-state index < -0.39 is 0 Å². The Labute approximate surface area is 149 Å². The maximum absolute atomic E-state index is 12.8. The molecule has 0 spiro atoms. The second-order valence-electron chi connectivity index (χ2n) is 7.26. The molecule has 1 unspecified atom stereocenters. The molecule has 0 aromatic heterocycles.